The summed E-state index contributed by atoms with van der Waals surface area (Å²) in [5, 5.41) is 6.01. The van der Waals surface area contributed by atoms with E-state index in [0.29, 0.717) is 19.1 Å². The van der Waals surface area contributed by atoms with Crippen molar-refractivity contribution >= 4 is 5.91 Å². The van der Waals surface area contributed by atoms with Crippen LogP contribution in [0.5, 0.6) is 0 Å². The van der Waals surface area contributed by atoms with Crippen LogP contribution in [0, 0.1) is 0 Å². The van der Waals surface area contributed by atoms with Gasteiger partial charge in [0.2, 0.25) is 5.91 Å². The molecule has 14 heavy (non-hydrogen) atoms. The van der Waals surface area contributed by atoms with E-state index in [1.165, 1.54) is 0 Å². The molecule has 1 aliphatic heterocycles. The van der Waals surface area contributed by atoms with Crippen molar-refractivity contribution in [2.45, 2.75) is 38.8 Å². The van der Waals surface area contributed by atoms with Crippen molar-refractivity contribution in [3.8, 4) is 0 Å². The molecular weight excluding hydrogens is 180 g/mol. The number of hydrogen-bond donors (Lipinski definition) is 2. The van der Waals surface area contributed by atoms with Crippen molar-refractivity contribution in [3.63, 3.8) is 0 Å². The van der Waals surface area contributed by atoms with Gasteiger partial charge in [0.25, 0.3) is 0 Å². The standard InChI is InChI=1S/C10H20N2O2/c1-10(2,3)12-9(13)4-5-14-8-6-11-7-8/h8,11H,4-7H2,1-3H3,(H,12,13). The first-order chi connectivity index (χ1) is 6.47. The third kappa shape index (κ3) is 4.58. The molecule has 1 heterocycles. The predicted octanol–water partition coefficient (Wildman–Crippen LogP) is 0.280. The van der Waals surface area contributed by atoms with E-state index < -0.39 is 0 Å². The van der Waals surface area contributed by atoms with Gasteiger partial charge in [-0.15, -0.1) is 0 Å². The van der Waals surface area contributed by atoms with Crippen LogP contribution in [0.1, 0.15) is 27.2 Å². The van der Waals surface area contributed by atoms with E-state index in [9.17, 15) is 4.79 Å². The lowest BCUT2D eigenvalue weighted by Gasteiger charge is -2.27. The average Bonchev–Trinajstić information content (AvgIpc) is 1.90. The minimum atomic E-state index is -0.144. The Bertz CT molecular complexity index is 195. The summed E-state index contributed by atoms with van der Waals surface area (Å²) in [4.78, 5) is 11.3. The Morgan fingerprint density at radius 2 is 2.14 bits per heavy atom. The highest BCUT2D eigenvalue weighted by Gasteiger charge is 2.18. The molecule has 0 spiro atoms. The van der Waals surface area contributed by atoms with E-state index in [4.69, 9.17) is 4.74 Å². The van der Waals surface area contributed by atoms with Crippen LogP contribution in [-0.4, -0.2) is 37.2 Å². The molecule has 0 aliphatic carbocycles. The van der Waals surface area contributed by atoms with Crippen molar-refractivity contribution < 1.29 is 9.53 Å². The molecule has 0 saturated carbocycles. The molecular formula is C10H20N2O2. The lowest BCUT2D eigenvalue weighted by atomic mass is 10.1. The van der Waals surface area contributed by atoms with Crippen molar-refractivity contribution in [1.82, 2.24) is 10.6 Å². The second kappa shape index (κ2) is 4.75. The molecule has 0 aromatic heterocycles. The van der Waals surface area contributed by atoms with Crippen molar-refractivity contribution in [1.29, 1.82) is 0 Å². The van der Waals surface area contributed by atoms with Gasteiger partial charge in [-0.3, -0.25) is 4.79 Å². The van der Waals surface area contributed by atoms with Crippen molar-refractivity contribution in [2.24, 2.45) is 0 Å². The molecule has 4 heteroatoms. The maximum Gasteiger partial charge on any atom is 0.222 e. The van der Waals surface area contributed by atoms with Gasteiger partial charge in [0.05, 0.1) is 12.7 Å². The molecule has 0 bridgehead atoms. The molecule has 2 N–H and O–H groups in total. The highest BCUT2D eigenvalue weighted by molar-refractivity contribution is 5.76. The summed E-state index contributed by atoms with van der Waals surface area (Å²) in [5.41, 5.74) is -0.144. The lowest BCUT2D eigenvalue weighted by molar-refractivity contribution is -0.124. The van der Waals surface area contributed by atoms with Crippen LogP contribution in [0.3, 0.4) is 0 Å². The molecule has 0 aromatic carbocycles. The zero-order chi connectivity index (χ0) is 10.6. The van der Waals surface area contributed by atoms with Crippen LogP contribution in [-0.2, 0) is 9.53 Å². The average molecular weight is 200 g/mol. The van der Waals surface area contributed by atoms with E-state index in [0.717, 1.165) is 13.1 Å². The number of rotatable bonds is 4. The normalized spacial score (nSPS) is 17.6. The van der Waals surface area contributed by atoms with Crippen molar-refractivity contribution in [3.05, 3.63) is 0 Å². The number of carbonyl (C=O) groups excluding carboxylic acids is 1. The van der Waals surface area contributed by atoms with Gasteiger partial charge in [0.1, 0.15) is 0 Å². The van der Waals surface area contributed by atoms with Crippen LogP contribution >= 0.6 is 0 Å². The van der Waals surface area contributed by atoms with Crippen LogP contribution in [0.25, 0.3) is 0 Å². The predicted molar refractivity (Wildman–Crippen MR) is 55.1 cm³/mol. The third-order valence-corrected chi connectivity index (χ3v) is 1.94. The molecule has 1 rings (SSSR count). The number of carbonyl (C=O) groups is 1. The zero-order valence-electron chi connectivity index (χ0n) is 9.22. The maximum atomic E-state index is 11.3. The summed E-state index contributed by atoms with van der Waals surface area (Å²) >= 11 is 0. The minimum absolute atomic E-state index is 0.0600. The Balaban J connectivity index is 2.02. The number of nitrogens with one attached hydrogen (secondary N) is 2. The number of ether oxygens (including phenoxy) is 1. The quantitative estimate of drug-likeness (QED) is 0.685. The van der Waals surface area contributed by atoms with E-state index in [1.807, 2.05) is 20.8 Å². The second-order valence-corrected chi connectivity index (χ2v) is 4.70. The molecule has 0 radical (unpaired) electrons. The van der Waals surface area contributed by atoms with Crippen LogP contribution in [0.2, 0.25) is 0 Å². The fourth-order valence-corrected chi connectivity index (χ4v) is 1.18. The van der Waals surface area contributed by atoms with Gasteiger partial charge in [-0.05, 0) is 20.8 Å². The highest BCUT2D eigenvalue weighted by Crippen LogP contribution is 2.01. The minimum Gasteiger partial charge on any atom is -0.375 e. The molecule has 4 nitrogen and oxygen atoms in total. The summed E-state index contributed by atoms with van der Waals surface area (Å²) in [5.74, 6) is 0.0600. The summed E-state index contributed by atoms with van der Waals surface area (Å²) in [7, 11) is 0. The van der Waals surface area contributed by atoms with Gasteiger partial charge in [-0.2, -0.15) is 0 Å². The van der Waals surface area contributed by atoms with Crippen LogP contribution in [0.4, 0.5) is 0 Å². The zero-order valence-corrected chi connectivity index (χ0v) is 9.22. The first kappa shape index (κ1) is 11.5. The van der Waals surface area contributed by atoms with Crippen LogP contribution in [0.15, 0.2) is 0 Å². The van der Waals surface area contributed by atoms with E-state index in [1.54, 1.807) is 0 Å². The van der Waals surface area contributed by atoms with E-state index in [-0.39, 0.29) is 11.4 Å². The summed E-state index contributed by atoms with van der Waals surface area (Å²) in [6.45, 7) is 8.28. The maximum absolute atomic E-state index is 11.3. The number of amides is 1. The Morgan fingerprint density at radius 3 is 2.57 bits per heavy atom. The molecule has 1 saturated heterocycles. The molecule has 0 unspecified atom stereocenters. The lowest BCUT2D eigenvalue weighted by Crippen LogP contribution is -2.49. The second-order valence-electron chi connectivity index (χ2n) is 4.70. The Hall–Kier alpha value is -0.610. The molecule has 1 aliphatic rings. The van der Waals surface area contributed by atoms with E-state index in [2.05, 4.69) is 10.6 Å². The van der Waals surface area contributed by atoms with Gasteiger partial charge in [-0.1, -0.05) is 0 Å². The first-order valence-electron chi connectivity index (χ1n) is 5.11. The molecule has 82 valence electrons. The topological polar surface area (TPSA) is 50.4 Å². The van der Waals surface area contributed by atoms with Gasteiger partial charge in [0, 0.05) is 25.0 Å². The van der Waals surface area contributed by atoms with Gasteiger partial charge in [0.15, 0.2) is 0 Å². The van der Waals surface area contributed by atoms with E-state index >= 15 is 0 Å². The third-order valence-electron chi connectivity index (χ3n) is 1.94. The number of hydrogen-bond acceptors (Lipinski definition) is 3. The molecule has 0 atom stereocenters. The Morgan fingerprint density at radius 1 is 1.50 bits per heavy atom. The highest BCUT2D eigenvalue weighted by atomic mass is 16.5. The first-order valence-corrected chi connectivity index (χ1v) is 5.11. The summed E-state index contributed by atoms with van der Waals surface area (Å²) in [6, 6.07) is 0. The van der Waals surface area contributed by atoms with Gasteiger partial charge >= 0.3 is 0 Å². The fourth-order valence-electron chi connectivity index (χ4n) is 1.18. The SMILES string of the molecule is CC(C)(C)NC(=O)CCOC1CNC1. The van der Waals surface area contributed by atoms with Gasteiger partial charge < -0.3 is 15.4 Å². The van der Waals surface area contributed by atoms with Gasteiger partial charge in [-0.25, -0.2) is 0 Å². The molecule has 0 aromatic rings. The largest absolute Gasteiger partial charge is 0.375 e. The smallest absolute Gasteiger partial charge is 0.222 e. The summed E-state index contributed by atoms with van der Waals surface area (Å²) in [6.07, 6.45) is 0.769. The van der Waals surface area contributed by atoms with Crippen molar-refractivity contribution in [2.75, 3.05) is 19.7 Å². The molecule has 1 fully saturated rings. The molecule has 1 amide bonds. The van der Waals surface area contributed by atoms with Crippen LogP contribution < -0.4 is 10.6 Å². The Labute approximate surface area is 85.4 Å². The summed E-state index contributed by atoms with van der Waals surface area (Å²) < 4.78 is 5.44. The monoisotopic (exact) mass is 200 g/mol. The Kier molecular flexibility index (Phi) is 3.89. The fraction of sp³-hybridized carbons (Fsp3) is 0.900.